The number of benzene rings is 1. The van der Waals surface area contributed by atoms with Crippen LogP contribution in [0, 0.1) is 17.3 Å². The van der Waals surface area contributed by atoms with Crippen LogP contribution in [-0.2, 0) is 19.1 Å². The molecule has 2 saturated carbocycles. The predicted molar refractivity (Wildman–Crippen MR) is 132 cm³/mol. The highest BCUT2D eigenvalue weighted by molar-refractivity contribution is 5.94. The van der Waals surface area contributed by atoms with Crippen molar-refractivity contribution in [1.82, 2.24) is 0 Å². The Hall–Kier alpha value is -2.82. The maximum Gasteiger partial charge on any atom is 0.303 e. The molecule has 0 N–H and O–H groups in total. The fraction of sp³-hybridized carbons (Fsp3) is 0.533. The molecule has 4 aliphatic rings. The number of ether oxygens (including phenoxy) is 1. The Bertz CT molecular complexity index is 1190. The van der Waals surface area contributed by atoms with Crippen LogP contribution in [0.5, 0.6) is 0 Å². The topological polar surface area (TPSA) is 77.5 Å². The maximum absolute atomic E-state index is 13.2. The van der Waals surface area contributed by atoms with E-state index in [1.807, 2.05) is 30.3 Å². The molecule has 0 aromatic heterocycles. The molecule has 5 nitrogen and oxygen atoms in total. The molecule has 5 rings (SSSR count). The molecule has 5 heteroatoms. The minimum absolute atomic E-state index is 0.0297. The van der Waals surface area contributed by atoms with Crippen LogP contribution in [0.15, 0.2) is 47.1 Å². The number of Topliss-reactive ketones (excluding diaryl/α,β-unsaturated/α-hetero) is 2. The van der Waals surface area contributed by atoms with Crippen molar-refractivity contribution in [3.63, 3.8) is 0 Å². The Morgan fingerprint density at radius 1 is 0.971 bits per heavy atom. The highest BCUT2D eigenvalue weighted by Crippen LogP contribution is 2.67. The van der Waals surface area contributed by atoms with Crippen molar-refractivity contribution in [3.05, 3.63) is 58.2 Å². The summed E-state index contributed by atoms with van der Waals surface area (Å²) >= 11 is 0. The van der Waals surface area contributed by atoms with Crippen LogP contribution in [0.2, 0.25) is 0 Å². The number of carbonyl (C=O) groups excluding carboxylic acids is 4. The summed E-state index contributed by atoms with van der Waals surface area (Å²) in [4.78, 5) is 49.5. The number of hydrogen-bond donors (Lipinski definition) is 0. The van der Waals surface area contributed by atoms with Crippen molar-refractivity contribution in [2.45, 2.75) is 84.2 Å². The second-order valence-corrected chi connectivity index (χ2v) is 11.2. The summed E-state index contributed by atoms with van der Waals surface area (Å²) in [7, 11) is 0. The van der Waals surface area contributed by atoms with Crippen LogP contribution in [0.3, 0.4) is 0 Å². The highest BCUT2D eigenvalue weighted by Gasteiger charge is 2.67. The first kappa shape index (κ1) is 23.9. The second-order valence-electron chi connectivity index (χ2n) is 11.2. The van der Waals surface area contributed by atoms with E-state index in [1.165, 1.54) is 23.6 Å². The van der Waals surface area contributed by atoms with E-state index in [2.05, 4.69) is 6.92 Å². The zero-order valence-corrected chi connectivity index (χ0v) is 21.1. The molecule has 0 radical (unpaired) electrons. The smallest absolute Gasteiger partial charge is 0.303 e. The normalized spacial score (nSPS) is 33.9. The van der Waals surface area contributed by atoms with Crippen molar-refractivity contribution in [2.24, 2.45) is 17.3 Å². The lowest BCUT2D eigenvalue weighted by Crippen LogP contribution is -2.57. The number of fused-ring (bicyclic) bond motifs is 4. The highest BCUT2D eigenvalue weighted by atomic mass is 16.6. The van der Waals surface area contributed by atoms with Gasteiger partial charge in [-0.05, 0) is 87.0 Å². The minimum atomic E-state index is -1.12. The average molecular weight is 475 g/mol. The minimum Gasteiger partial charge on any atom is -0.451 e. The third kappa shape index (κ3) is 3.57. The van der Waals surface area contributed by atoms with Gasteiger partial charge in [-0.1, -0.05) is 36.8 Å². The summed E-state index contributed by atoms with van der Waals surface area (Å²) in [6, 6.07) is 7.85. The molecule has 0 spiro atoms. The van der Waals surface area contributed by atoms with Crippen LogP contribution in [-0.4, -0.2) is 28.9 Å². The lowest BCUT2D eigenvalue weighted by molar-refractivity contribution is -0.182. The molecule has 184 valence electrons. The van der Waals surface area contributed by atoms with Crippen molar-refractivity contribution in [2.75, 3.05) is 0 Å². The maximum atomic E-state index is 13.2. The van der Waals surface area contributed by atoms with E-state index >= 15 is 0 Å². The first-order valence-electron chi connectivity index (χ1n) is 12.9. The molecule has 1 aromatic carbocycles. The van der Waals surface area contributed by atoms with E-state index < -0.39 is 17.0 Å². The summed E-state index contributed by atoms with van der Waals surface area (Å²) in [6.07, 6.45) is 7.06. The van der Waals surface area contributed by atoms with E-state index in [0.29, 0.717) is 24.8 Å². The van der Waals surface area contributed by atoms with Crippen molar-refractivity contribution < 1.29 is 23.9 Å². The molecular weight excluding hydrogens is 440 g/mol. The van der Waals surface area contributed by atoms with Gasteiger partial charge in [-0.25, -0.2) is 0 Å². The van der Waals surface area contributed by atoms with Crippen LogP contribution >= 0.6 is 0 Å². The van der Waals surface area contributed by atoms with E-state index in [-0.39, 0.29) is 35.1 Å². The van der Waals surface area contributed by atoms with Crippen molar-refractivity contribution in [1.29, 1.82) is 0 Å². The molecule has 5 atom stereocenters. The average Bonchev–Trinajstić information content (AvgIpc) is 3.10. The number of carbonyl (C=O) groups is 4. The van der Waals surface area contributed by atoms with Gasteiger partial charge in [0.2, 0.25) is 0 Å². The Kier molecular flexibility index (Phi) is 5.73. The lowest BCUT2D eigenvalue weighted by Gasteiger charge is -2.55. The first-order chi connectivity index (χ1) is 16.6. The van der Waals surface area contributed by atoms with Crippen LogP contribution < -0.4 is 0 Å². The van der Waals surface area contributed by atoms with E-state index in [0.717, 1.165) is 31.2 Å². The molecule has 0 saturated heterocycles. The fourth-order valence-corrected chi connectivity index (χ4v) is 7.96. The van der Waals surface area contributed by atoms with E-state index in [9.17, 15) is 19.2 Å². The van der Waals surface area contributed by atoms with Crippen LogP contribution in [0.1, 0.15) is 94.5 Å². The molecule has 2 fully saturated rings. The van der Waals surface area contributed by atoms with Gasteiger partial charge in [0.05, 0.1) is 0 Å². The largest absolute Gasteiger partial charge is 0.451 e. The molecule has 2 unspecified atom stereocenters. The van der Waals surface area contributed by atoms with Gasteiger partial charge in [0.15, 0.2) is 23.0 Å². The number of rotatable bonds is 4. The molecule has 1 aromatic rings. The van der Waals surface area contributed by atoms with Gasteiger partial charge >= 0.3 is 5.97 Å². The summed E-state index contributed by atoms with van der Waals surface area (Å²) in [5.74, 6) is 0.316. The third-order valence-electron chi connectivity index (χ3n) is 9.46. The predicted octanol–water partition coefficient (Wildman–Crippen LogP) is 5.68. The molecule has 0 heterocycles. The zero-order chi connectivity index (χ0) is 25.1. The van der Waals surface area contributed by atoms with Gasteiger partial charge in [-0.3, -0.25) is 19.2 Å². The summed E-state index contributed by atoms with van der Waals surface area (Å²) < 4.78 is 5.96. The lowest BCUT2D eigenvalue weighted by atomic mass is 9.50. The molecule has 35 heavy (non-hydrogen) atoms. The number of ketones is 3. The van der Waals surface area contributed by atoms with Gasteiger partial charge in [-0.15, -0.1) is 0 Å². The quantitative estimate of drug-likeness (QED) is 0.414. The summed E-state index contributed by atoms with van der Waals surface area (Å²) in [5, 5.41) is 0. The van der Waals surface area contributed by atoms with Gasteiger partial charge in [0.1, 0.15) is 0 Å². The molecule has 0 bridgehead atoms. The zero-order valence-electron chi connectivity index (χ0n) is 21.1. The molecular formula is C30H34O5. The molecule has 0 amide bonds. The molecule has 4 aliphatic carbocycles. The van der Waals surface area contributed by atoms with Crippen LogP contribution in [0.4, 0.5) is 0 Å². The third-order valence-corrected chi connectivity index (χ3v) is 9.46. The SMILES string of the molecule is CC(=O)O[C@]1(C(C)=O)CCC2C3CCC4=CC(=O)CCC4=C3[C@@H](c3ccc(C(C)=O)cc3)C[C@@]21C. The number of esters is 1. The fourth-order valence-electron chi connectivity index (χ4n) is 7.96. The molecule has 0 aliphatic heterocycles. The Labute approximate surface area is 207 Å². The summed E-state index contributed by atoms with van der Waals surface area (Å²) in [6.45, 7) is 6.68. The standard InChI is InChI=1S/C30H34O5/c1-17(31)20-5-7-21(8-6-20)26-16-29(4)27(13-14-30(29,18(2)32)35-19(3)33)25-11-9-22-15-23(34)10-12-24(22)28(25)26/h5-8,15,25-27H,9-14,16H2,1-4H3/t25?,26-,27?,29+,30+/m1/s1. The van der Waals surface area contributed by atoms with Gasteiger partial charge in [0.25, 0.3) is 0 Å². The Morgan fingerprint density at radius 2 is 1.69 bits per heavy atom. The van der Waals surface area contributed by atoms with Crippen LogP contribution in [0.25, 0.3) is 0 Å². The Morgan fingerprint density at radius 3 is 2.31 bits per heavy atom. The van der Waals surface area contributed by atoms with Gasteiger partial charge in [0, 0.05) is 30.2 Å². The second kappa shape index (κ2) is 8.39. The summed E-state index contributed by atoms with van der Waals surface area (Å²) in [5.41, 5.74) is 4.11. The number of allylic oxidation sites excluding steroid dienone is 4. The number of hydrogen-bond acceptors (Lipinski definition) is 5. The van der Waals surface area contributed by atoms with Gasteiger partial charge in [-0.2, -0.15) is 0 Å². The Balaban J connectivity index is 1.69. The van der Waals surface area contributed by atoms with Crippen molar-refractivity contribution in [3.8, 4) is 0 Å². The van der Waals surface area contributed by atoms with E-state index in [4.69, 9.17) is 4.74 Å². The first-order valence-corrected chi connectivity index (χ1v) is 12.9. The van der Waals surface area contributed by atoms with Gasteiger partial charge < -0.3 is 4.74 Å². The van der Waals surface area contributed by atoms with Crippen molar-refractivity contribution >= 4 is 23.3 Å². The monoisotopic (exact) mass is 474 g/mol. The van der Waals surface area contributed by atoms with E-state index in [1.54, 1.807) is 13.8 Å².